The van der Waals surface area contributed by atoms with Crippen LogP contribution in [0.3, 0.4) is 0 Å². The lowest BCUT2D eigenvalue weighted by atomic mass is 10.1. The van der Waals surface area contributed by atoms with Gasteiger partial charge in [0.15, 0.2) is 0 Å². The average molecular weight is 334 g/mol. The lowest BCUT2D eigenvalue weighted by Gasteiger charge is -2.06. The standard InChI is InChI=1S/C18H18N6O/c1-9-10(2)17-16(20-11(9)3)15(22-24(17)5)14-8-13(6-7-19-14)18-21-12(4)25-23-18/h6-8H,1-5H3. The molecule has 4 heterocycles. The first-order chi connectivity index (χ1) is 12.0. The molecule has 0 saturated heterocycles. The quantitative estimate of drug-likeness (QED) is 0.559. The minimum atomic E-state index is 0.528. The maximum absolute atomic E-state index is 5.07. The summed E-state index contributed by atoms with van der Waals surface area (Å²) in [6.45, 7) is 7.97. The van der Waals surface area contributed by atoms with Gasteiger partial charge in [-0.25, -0.2) is 4.98 Å². The number of aryl methyl sites for hydroxylation is 4. The minimum Gasteiger partial charge on any atom is -0.339 e. The van der Waals surface area contributed by atoms with E-state index in [1.165, 1.54) is 11.1 Å². The van der Waals surface area contributed by atoms with Gasteiger partial charge in [0.25, 0.3) is 0 Å². The molecule has 0 bridgehead atoms. The molecule has 0 amide bonds. The summed E-state index contributed by atoms with van der Waals surface area (Å²) >= 11 is 0. The molecule has 0 atom stereocenters. The number of aromatic nitrogens is 6. The topological polar surface area (TPSA) is 82.5 Å². The van der Waals surface area contributed by atoms with E-state index >= 15 is 0 Å². The van der Waals surface area contributed by atoms with Crippen LogP contribution in [0.25, 0.3) is 33.8 Å². The number of nitrogens with zero attached hydrogens (tertiary/aromatic N) is 6. The molecule has 0 fully saturated rings. The van der Waals surface area contributed by atoms with Gasteiger partial charge in [-0.3, -0.25) is 9.67 Å². The van der Waals surface area contributed by atoms with Crippen LogP contribution in [0.4, 0.5) is 0 Å². The number of hydrogen-bond acceptors (Lipinski definition) is 6. The van der Waals surface area contributed by atoms with E-state index in [4.69, 9.17) is 9.51 Å². The van der Waals surface area contributed by atoms with Crippen LogP contribution in [0.15, 0.2) is 22.9 Å². The molecule has 0 aliphatic carbocycles. The Morgan fingerprint density at radius 2 is 1.84 bits per heavy atom. The Morgan fingerprint density at radius 3 is 2.56 bits per heavy atom. The molecule has 126 valence electrons. The lowest BCUT2D eigenvalue weighted by molar-refractivity contribution is 0.394. The van der Waals surface area contributed by atoms with Crippen LogP contribution in [-0.2, 0) is 7.05 Å². The van der Waals surface area contributed by atoms with Gasteiger partial charge in [0.1, 0.15) is 11.2 Å². The molecule has 0 radical (unpaired) electrons. The lowest BCUT2D eigenvalue weighted by Crippen LogP contribution is -1.96. The Labute approximate surface area is 144 Å². The smallest absolute Gasteiger partial charge is 0.223 e. The van der Waals surface area contributed by atoms with Crippen molar-refractivity contribution in [1.82, 2.24) is 29.9 Å². The van der Waals surface area contributed by atoms with E-state index in [1.54, 1.807) is 13.1 Å². The molecule has 0 aliphatic heterocycles. The minimum absolute atomic E-state index is 0.528. The predicted octanol–water partition coefficient (Wildman–Crippen LogP) is 3.31. The van der Waals surface area contributed by atoms with Crippen LogP contribution < -0.4 is 0 Å². The van der Waals surface area contributed by atoms with Gasteiger partial charge in [0, 0.05) is 31.4 Å². The highest BCUT2D eigenvalue weighted by atomic mass is 16.5. The van der Waals surface area contributed by atoms with Crippen molar-refractivity contribution in [2.45, 2.75) is 27.7 Å². The Kier molecular flexibility index (Phi) is 3.38. The summed E-state index contributed by atoms with van der Waals surface area (Å²) in [5, 5.41) is 8.64. The van der Waals surface area contributed by atoms with Gasteiger partial charge in [-0.05, 0) is 44.0 Å². The van der Waals surface area contributed by atoms with Crippen molar-refractivity contribution < 1.29 is 4.52 Å². The van der Waals surface area contributed by atoms with E-state index < -0.39 is 0 Å². The van der Waals surface area contributed by atoms with Gasteiger partial charge in [0.05, 0.1) is 11.2 Å². The molecular weight excluding hydrogens is 316 g/mol. The fourth-order valence-electron chi connectivity index (χ4n) is 3.03. The first-order valence-corrected chi connectivity index (χ1v) is 8.03. The van der Waals surface area contributed by atoms with Crippen LogP contribution in [-0.4, -0.2) is 29.9 Å². The summed E-state index contributed by atoms with van der Waals surface area (Å²) in [5.74, 6) is 1.07. The Hall–Kier alpha value is -3.09. The summed E-state index contributed by atoms with van der Waals surface area (Å²) < 4.78 is 6.94. The molecule has 25 heavy (non-hydrogen) atoms. The monoisotopic (exact) mass is 334 g/mol. The van der Waals surface area contributed by atoms with E-state index in [-0.39, 0.29) is 0 Å². The summed E-state index contributed by atoms with van der Waals surface area (Å²) in [4.78, 5) is 13.5. The van der Waals surface area contributed by atoms with Crippen molar-refractivity contribution in [3.05, 3.63) is 41.0 Å². The third-order valence-electron chi connectivity index (χ3n) is 4.55. The number of hydrogen-bond donors (Lipinski definition) is 0. The Morgan fingerprint density at radius 1 is 1.04 bits per heavy atom. The fourth-order valence-corrected chi connectivity index (χ4v) is 3.03. The summed E-state index contributed by atoms with van der Waals surface area (Å²) in [5.41, 5.74) is 7.59. The SMILES string of the molecule is Cc1nc(-c2ccnc(-c3nn(C)c4c(C)c(C)c(C)nc34)c2)no1. The molecule has 0 aliphatic rings. The molecule has 0 aromatic carbocycles. The van der Waals surface area contributed by atoms with E-state index in [1.807, 2.05) is 30.8 Å². The van der Waals surface area contributed by atoms with Crippen LogP contribution in [0, 0.1) is 27.7 Å². The zero-order valence-electron chi connectivity index (χ0n) is 14.8. The number of pyridine rings is 2. The van der Waals surface area contributed by atoms with Gasteiger partial charge in [-0.15, -0.1) is 0 Å². The third kappa shape index (κ3) is 2.39. The normalized spacial score (nSPS) is 11.4. The molecule has 4 aromatic heterocycles. The van der Waals surface area contributed by atoms with E-state index in [9.17, 15) is 0 Å². The molecule has 7 nitrogen and oxygen atoms in total. The van der Waals surface area contributed by atoms with E-state index in [0.717, 1.165) is 33.7 Å². The second-order valence-corrected chi connectivity index (χ2v) is 6.18. The van der Waals surface area contributed by atoms with Gasteiger partial charge in [-0.1, -0.05) is 5.16 Å². The van der Waals surface area contributed by atoms with Crippen LogP contribution in [0.2, 0.25) is 0 Å². The van der Waals surface area contributed by atoms with Crippen molar-refractivity contribution in [2.75, 3.05) is 0 Å². The van der Waals surface area contributed by atoms with E-state index in [0.29, 0.717) is 11.7 Å². The zero-order chi connectivity index (χ0) is 17.7. The average Bonchev–Trinajstić information content (AvgIpc) is 3.17. The second-order valence-electron chi connectivity index (χ2n) is 6.18. The highest BCUT2D eigenvalue weighted by molar-refractivity contribution is 5.92. The van der Waals surface area contributed by atoms with Crippen LogP contribution >= 0.6 is 0 Å². The summed E-state index contributed by atoms with van der Waals surface area (Å²) in [7, 11) is 1.93. The van der Waals surface area contributed by atoms with Gasteiger partial charge in [-0.2, -0.15) is 10.1 Å². The van der Waals surface area contributed by atoms with Crippen molar-refractivity contribution >= 4 is 11.0 Å². The first kappa shape index (κ1) is 15.4. The molecule has 0 unspecified atom stereocenters. The largest absolute Gasteiger partial charge is 0.339 e. The van der Waals surface area contributed by atoms with Gasteiger partial charge in [0.2, 0.25) is 11.7 Å². The van der Waals surface area contributed by atoms with Gasteiger partial charge >= 0.3 is 0 Å². The Bertz CT molecular complexity index is 1110. The highest BCUT2D eigenvalue weighted by Gasteiger charge is 2.18. The first-order valence-electron chi connectivity index (χ1n) is 8.03. The van der Waals surface area contributed by atoms with E-state index in [2.05, 4.69) is 34.1 Å². The molecule has 7 heteroatoms. The summed E-state index contributed by atoms with van der Waals surface area (Å²) in [6.07, 6.45) is 1.73. The van der Waals surface area contributed by atoms with Crippen LogP contribution in [0.5, 0.6) is 0 Å². The molecule has 0 N–H and O–H groups in total. The third-order valence-corrected chi connectivity index (χ3v) is 4.55. The number of fused-ring (bicyclic) bond motifs is 1. The van der Waals surface area contributed by atoms with Crippen molar-refractivity contribution in [1.29, 1.82) is 0 Å². The molecule has 0 spiro atoms. The Balaban J connectivity index is 1.94. The van der Waals surface area contributed by atoms with Crippen molar-refractivity contribution in [2.24, 2.45) is 7.05 Å². The molecule has 0 saturated carbocycles. The maximum atomic E-state index is 5.07. The molecule has 4 aromatic rings. The molecular formula is C18H18N6O. The number of rotatable bonds is 2. The summed E-state index contributed by atoms with van der Waals surface area (Å²) in [6, 6.07) is 3.77. The van der Waals surface area contributed by atoms with Gasteiger partial charge < -0.3 is 4.52 Å². The van der Waals surface area contributed by atoms with Crippen LogP contribution in [0.1, 0.15) is 22.7 Å². The predicted molar refractivity (Wildman–Crippen MR) is 94.0 cm³/mol. The zero-order valence-corrected chi connectivity index (χ0v) is 14.8. The van der Waals surface area contributed by atoms with Crippen molar-refractivity contribution in [3.8, 4) is 22.8 Å². The highest BCUT2D eigenvalue weighted by Crippen LogP contribution is 2.30. The maximum Gasteiger partial charge on any atom is 0.223 e. The second kappa shape index (κ2) is 5.47. The molecule has 4 rings (SSSR count). The van der Waals surface area contributed by atoms with Crippen molar-refractivity contribution in [3.63, 3.8) is 0 Å². The fraction of sp³-hybridized carbons (Fsp3) is 0.278.